The van der Waals surface area contributed by atoms with E-state index in [-0.39, 0.29) is 6.61 Å². The van der Waals surface area contributed by atoms with Gasteiger partial charge in [-0.05, 0) is 25.0 Å². The number of nitrogens with one attached hydrogen (secondary N) is 1. The summed E-state index contributed by atoms with van der Waals surface area (Å²) < 4.78 is 10.9. The average molecular weight is 444 g/mol. The van der Waals surface area contributed by atoms with E-state index in [1.807, 2.05) is 42.1 Å². The zero-order valence-electron chi connectivity index (χ0n) is 18.5. The third-order valence-electron chi connectivity index (χ3n) is 5.07. The molecule has 0 aliphatic carbocycles. The van der Waals surface area contributed by atoms with E-state index in [0.717, 1.165) is 31.6 Å². The lowest BCUT2D eigenvalue weighted by Crippen LogP contribution is -2.40. The van der Waals surface area contributed by atoms with Gasteiger partial charge in [0.2, 0.25) is 0 Å². The Morgan fingerprint density at radius 2 is 1.94 bits per heavy atom. The topological polar surface area (TPSA) is 63.7 Å². The summed E-state index contributed by atoms with van der Waals surface area (Å²) in [4.78, 5) is 19.7. The number of benzene rings is 1. The molecule has 0 radical (unpaired) electrons. The Morgan fingerprint density at radius 3 is 2.61 bits per heavy atom. The Hall–Kier alpha value is -2.51. The van der Waals surface area contributed by atoms with Crippen LogP contribution in [0.3, 0.4) is 0 Å². The Kier molecular flexibility index (Phi) is 11.0. The number of carbonyl (C=O) groups excluding carboxylic acids is 1. The first-order chi connectivity index (χ1) is 15.2. The smallest absolute Gasteiger partial charge is 0.346 e. The Balaban J connectivity index is 0.00000166. The standard InChI is InChI=1S/C22H29N3O3S.C2H4/c1-17(25-12-14-29-15-13-25)8-10-23-21-20(19(27-2)9-11-24-21)22(26)28-16-18-6-4-3-5-7-18;1-2/h3-7,9,11,17H,8,10,12-16H2,1-2H3,(H,23,24);1-2H2. The van der Waals surface area contributed by atoms with Crippen LogP contribution in [-0.2, 0) is 11.3 Å². The highest BCUT2D eigenvalue weighted by Crippen LogP contribution is 2.26. The minimum absolute atomic E-state index is 0.209. The fourth-order valence-electron chi connectivity index (χ4n) is 3.34. The molecule has 1 aromatic heterocycles. The van der Waals surface area contributed by atoms with Gasteiger partial charge in [-0.25, -0.2) is 9.78 Å². The number of aromatic nitrogens is 1. The average Bonchev–Trinajstić information content (AvgIpc) is 2.84. The van der Waals surface area contributed by atoms with Crippen molar-refractivity contribution in [3.05, 3.63) is 66.9 Å². The van der Waals surface area contributed by atoms with E-state index < -0.39 is 5.97 Å². The van der Waals surface area contributed by atoms with E-state index in [9.17, 15) is 4.79 Å². The van der Waals surface area contributed by atoms with Crippen molar-refractivity contribution in [3.8, 4) is 5.75 Å². The summed E-state index contributed by atoms with van der Waals surface area (Å²) in [5.41, 5.74) is 1.28. The molecule has 1 saturated heterocycles. The van der Waals surface area contributed by atoms with Crippen molar-refractivity contribution in [1.29, 1.82) is 0 Å². The van der Waals surface area contributed by atoms with Crippen molar-refractivity contribution < 1.29 is 14.3 Å². The van der Waals surface area contributed by atoms with E-state index in [2.05, 4.69) is 35.3 Å². The monoisotopic (exact) mass is 443 g/mol. The molecule has 2 aromatic rings. The van der Waals surface area contributed by atoms with Crippen molar-refractivity contribution in [3.63, 3.8) is 0 Å². The van der Waals surface area contributed by atoms with Crippen molar-refractivity contribution in [1.82, 2.24) is 9.88 Å². The van der Waals surface area contributed by atoms with Crippen LogP contribution >= 0.6 is 11.8 Å². The number of ether oxygens (including phenoxy) is 2. The van der Waals surface area contributed by atoms with Crippen LogP contribution in [0.2, 0.25) is 0 Å². The molecular weight excluding hydrogens is 410 g/mol. The van der Waals surface area contributed by atoms with Crippen LogP contribution in [0.4, 0.5) is 5.82 Å². The van der Waals surface area contributed by atoms with Gasteiger partial charge in [0.1, 0.15) is 23.7 Å². The van der Waals surface area contributed by atoms with Crippen molar-refractivity contribution in [2.24, 2.45) is 0 Å². The highest BCUT2D eigenvalue weighted by atomic mass is 32.2. The minimum Gasteiger partial charge on any atom is -0.496 e. The summed E-state index contributed by atoms with van der Waals surface area (Å²) in [6, 6.07) is 11.8. The predicted molar refractivity (Wildman–Crippen MR) is 129 cm³/mol. The molecule has 0 amide bonds. The number of pyridine rings is 1. The van der Waals surface area contributed by atoms with E-state index >= 15 is 0 Å². The predicted octanol–water partition coefficient (Wildman–Crippen LogP) is 4.49. The molecule has 168 valence electrons. The lowest BCUT2D eigenvalue weighted by atomic mass is 10.2. The number of methoxy groups -OCH3 is 1. The molecule has 0 spiro atoms. The third kappa shape index (κ3) is 7.60. The lowest BCUT2D eigenvalue weighted by Gasteiger charge is -2.32. The van der Waals surface area contributed by atoms with Crippen LogP contribution in [0.1, 0.15) is 29.3 Å². The van der Waals surface area contributed by atoms with Gasteiger partial charge in [0.15, 0.2) is 0 Å². The Labute approximate surface area is 190 Å². The number of esters is 1. The summed E-state index contributed by atoms with van der Waals surface area (Å²) in [6.07, 6.45) is 2.61. The molecule has 31 heavy (non-hydrogen) atoms. The van der Waals surface area contributed by atoms with Gasteiger partial charge in [-0.1, -0.05) is 30.3 Å². The van der Waals surface area contributed by atoms with Gasteiger partial charge in [-0.15, -0.1) is 13.2 Å². The van der Waals surface area contributed by atoms with Crippen LogP contribution in [0.5, 0.6) is 5.75 Å². The molecule has 1 aromatic carbocycles. The van der Waals surface area contributed by atoms with Gasteiger partial charge < -0.3 is 14.8 Å². The number of anilines is 1. The number of nitrogens with zero attached hydrogens (tertiary/aromatic N) is 2. The number of rotatable bonds is 9. The first-order valence-corrected chi connectivity index (χ1v) is 11.6. The first kappa shape index (κ1) is 24.8. The normalized spacial score (nSPS) is 14.6. The third-order valence-corrected chi connectivity index (χ3v) is 6.02. The molecule has 1 atom stereocenters. The number of hydrogen-bond acceptors (Lipinski definition) is 7. The first-order valence-electron chi connectivity index (χ1n) is 10.5. The molecule has 1 aliphatic rings. The number of thioether (sulfide) groups is 1. The molecule has 7 heteroatoms. The van der Waals surface area contributed by atoms with Crippen LogP contribution < -0.4 is 10.1 Å². The maximum absolute atomic E-state index is 12.8. The number of hydrogen-bond donors (Lipinski definition) is 1. The van der Waals surface area contributed by atoms with Crippen LogP contribution in [0, 0.1) is 0 Å². The Morgan fingerprint density at radius 1 is 1.23 bits per heavy atom. The zero-order chi connectivity index (χ0) is 22.5. The summed E-state index contributed by atoms with van der Waals surface area (Å²) in [5, 5.41) is 3.31. The highest BCUT2D eigenvalue weighted by Gasteiger charge is 2.21. The molecule has 2 heterocycles. The van der Waals surface area contributed by atoms with Crippen molar-refractivity contribution in [2.75, 3.05) is 43.6 Å². The van der Waals surface area contributed by atoms with Gasteiger partial charge in [-0.2, -0.15) is 11.8 Å². The molecule has 0 saturated carbocycles. The van der Waals surface area contributed by atoms with E-state index in [1.54, 1.807) is 19.4 Å². The molecule has 3 rings (SSSR count). The second-order valence-electron chi connectivity index (χ2n) is 7.01. The van der Waals surface area contributed by atoms with E-state index in [4.69, 9.17) is 9.47 Å². The maximum Gasteiger partial charge on any atom is 0.346 e. The van der Waals surface area contributed by atoms with Crippen molar-refractivity contribution in [2.45, 2.75) is 26.0 Å². The molecule has 1 unspecified atom stereocenters. The second-order valence-corrected chi connectivity index (χ2v) is 8.24. The van der Waals surface area contributed by atoms with Gasteiger partial charge in [-0.3, -0.25) is 4.90 Å². The van der Waals surface area contributed by atoms with Crippen LogP contribution in [0.25, 0.3) is 0 Å². The largest absolute Gasteiger partial charge is 0.496 e. The second kappa shape index (κ2) is 13.7. The summed E-state index contributed by atoms with van der Waals surface area (Å²) >= 11 is 2.02. The fraction of sp³-hybridized carbons (Fsp3) is 0.417. The molecule has 0 bridgehead atoms. The molecule has 6 nitrogen and oxygen atoms in total. The minimum atomic E-state index is -0.442. The lowest BCUT2D eigenvalue weighted by molar-refractivity contribution is 0.0470. The summed E-state index contributed by atoms with van der Waals surface area (Å²) in [7, 11) is 1.55. The summed E-state index contributed by atoms with van der Waals surface area (Å²) in [6.45, 7) is 11.5. The Bertz CT molecular complexity index is 798. The zero-order valence-corrected chi connectivity index (χ0v) is 19.3. The molecule has 1 N–H and O–H groups in total. The van der Waals surface area contributed by atoms with Gasteiger partial charge >= 0.3 is 5.97 Å². The maximum atomic E-state index is 12.8. The van der Waals surface area contributed by atoms with Crippen LogP contribution in [-0.4, -0.2) is 60.1 Å². The summed E-state index contributed by atoms with van der Waals surface area (Å²) in [5.74, 6) is 2.92. The van der Waals surface area contributed by atoms with Crippen LogP contribution in [0.15, 0.2) is 55.8 Å². The molecule has 1 aliphatic heterocycles. The van der Waals surface area contributed by atoms with E-state index in [1.165, 1.54) is 11.5 Å². The SMILES string of the molecule is C=C.COc1ccnc(NCCC(C)N2CCSCC2)c1C(=O)OCc1ccccc1. The van der Waals surface area contributed by atoms with Gasteiger partial charge in [0, 0.05) is 43.4 Å². The fourth-order valence-corrected chi connectivity index (χ4v) is 4.27. The van der Waals surface area contributed by atoms with Gasteiger partial charge in [0.05, 0.1) is 7.11 Å². The van der Waals surface area contributed by atoms with Gasteiger partial charge in [0.25, 0.3) is 0 Å². The quantitative estimate of drug-likeness (QED) is 0.452. The number of carbonyl (C=O) groups is 1. The molecular formula is C24H33N3O3S. The highest BCUT2D eigenvalue weighted by molar-refractivity contribution is 7.99. The van der Waals surface area contributed by atoms with Crippen molar-refractivity contribution >= 4 is 23.5 Å². The molecule has 1 fully saturated rings. The van der Waals surface area contributed by atoms with E-state index in [0.29, 0.717) is 23.2 Å².